The van der Waals surface area contributed by atoms with Crippen LogP contribution in [0.5, 0.6) is 0 Å². The van der Waals surface area contributed by atoms with E-state index in [2.05, 4.69) is 0 Å². The van der Waals surface area contributed by atoms with Crippen molar-refractivity contribution in [2.75, 3.05) is 0 Å². The van der Waals surface area contributed by atoms with E-state index in [1.54, 1.807) is 0 Å². The normalized spacial score (nSPS) is 18.5. The van der Waals surface area contributed by atoms with E-state index < -0.39 is 59.2 Å². The average Bonchev–Trinajstić information content (AvgIpc) is 3.16. The van der Waals surface area contributed by atoms with E-state index in [9.17, 15) is 0 Å². The smallest absolute Gasteiger partial charge is 0.0645 e. The van der Waals surface area contributed by atoms with E-state index in [1.165, 1.54) is 4.57 Å². The van der Waals surface area contributed by atoms with E-state index in [0.717, 1.165) is 0 Å². The Labute approximate surface area is 178 Å². The monoisotopic (exact) mass is 366 g/mol. The molecule has 0 aliphatic carbocycles. The highest BCUT2D eigenvalue weighted by molar-refractivity contribution is 6.09. The molecule has 1 nitrogen and oxygen atoms in total. The fraction of sp³-hybridized carbons (Fsp3) is 0.308. The Morgan fingerprint density at radius 3 is 1.63 bits per heavy atom. The topological polar surface area (TPSA) is 4.93 Å². The van der Waals surface area contributed by atoms with Crippen LogP contribution in [0.3, 0.4) is 0 Å². The molecule has 0 saturated heterocycles. The average molecular weight is 367 g/mol. The van der Waals surface area contributed by atoms with E-state index in [1.807, 2.05) is 41.5 Å². The predicted molar refractivity (Wildman–Crippen MR) is 118 cm³/mol. The molecule has 1 heterocycles. The van der Waals surface area contributed by atoms with Gasteiger partial charge in [-0.25, -0.2) is 0 Å². The molecule has 1 heteroatoms. The van der Waals surface area contributed by atoms with Crippen molar-refractivity contribution < 1.29 is 15.1 Å². The Morgan fingerprint density at radius 2 is 1.15 bits per heavy atom. The van der Waals surface area contributed by atoms with Gasteiger partial charge in [0.05, 0.1) is 31.8 Å². The molecule has 0 spiro atoms. The Kier molecular flexibility index (Phi) is 2.02. The predicted octanol–water partition coefficient (Wildman–Crippen LogP) is 7.38. The van der Waals surface area contributed by atoms with Crippen molar-refractivity contribution in [3.8, 4) is 5.69 Å². The first kappa shape index (κ1) is 9.10. The van der Waals surface area contributed by atoms with Gasteiger partial charge in [0.15, 0.2) is 0 Å². The lowest BCUT2D eigenvalue weighted by Gasteiger charge is -2.33. The summed E-state index contributed by atoms with van der Waals surface area (Å²) < 4.78 is 95.9. The highest BCUT2D eigenvalue weighted by Gasteiger charge is 2.29. The molecule has 0 aliphatic rings. The minimum atomic E-state index is -0.726. The standard InChI is InChI=1S/C26H29N/c1-25(2,3)20-14-11-17-23(24(20)26(4,5)6)27-21-15-9-7-12-18(21)19-13-8-10-16-22(19)27/h7-17H,1-6H3/i7D,8D,9D,10D,11D,12D,13D,14D,15D,16D,17D. The Morgan fingerprint density at radius 1 is 0.630 bits per heavy atom. The molecule has 3 aromatic carbocycles. The third-order valence-corrected chi connectivity index (χ3v) is 4.61. The summed E-state index contributed by atoms with van der Waals surface area (Å²) in [5, 5.41) is -0.174. The highest BCUT2D eigenvalue weighted by atomic mass is 15.0. The lowest BCUT2D eigenvalue weighted by molar-refractivity contribution is 0.528. The summed E-state index contributed by atoms with van der Waals surface area (Å²) in [6.45, 7) is 11.3. The first-order chi connectivity index (χ1) is 17.3. The van der Waals surface area contributed by atoms with Gasteiger partial charge >= 0.3 is 0 Å². The van der Waals surface area contributed by atoms with Crippen molar-refractivity contribution >= 4 is 21.8 Å². The first-order valence-corrected chi connectivity index (χ1v) is 8.92. The van der Waals surface area contributed by atoms with Crippen molar-refractivity contribution in [3.63, 3.8) is 0 Å². The number of fused-ring (bicyclic) bond motifs is 3. The summed E-state index contributed by atoms with van der Waals surface area (Å²) in [6, 6.07) is -4.92. The molecule has 0 bridgehead atoms. The zero-order valence-electron chi connectivity index (χ0n) is 27.4. The number of benzene rings is 3. The van der Waals surface area contributed by atoms with Crippen LogP contribution in [0.25, 0.3) is 27.5 Å². The van der Waals surface area contributed by atoms with Gasteiger partial charge in [-0.2, -0.15) is 0 Å². The molecule has 0 radical (unpaired) electrons. The highest BCUT2D eigenvalue weighted by Crippen LogP contribution is 2.41. The van der Waals surface area contributed by atoms with Gasteiger partial charge in [0.2, 0.25) is 0 Å². The molecule has 0 N–H and O–H groups in total. The molecule has 4 rings (SSSR count). The van der Waals surface area contributed by atoms with Crippen molar-refractivity contribution in [2.24, 2.45) is 0 Å². The zero-order valence-corrected chi connectivity index (χ0v) is 16.4. The van der Waals surface area contributed by atoms with Crippen molar-refractivity contribution in [3.05, 3.63) is 77.6 Å². The number of hydrogen-bond donors (Lipinski definition) is 0. The fourth-order valence-electron chi connectivity index (χ4n) is 3.50. The van der Waals surface area contributed by atoms with Crippen LogP contribution >= 0.6 is 0 Å². The maximum Gasteiger partial charge on any atom is 0.0645 e. The third-order valence-electron chi connectivity index (χ3n) is 4.61. The van der Waals surface area contributed by atoms with E-state index >= 15 is 0 Å². The summed E-state index contributed by atoms with van der Waals surface area (Å²) in [4.78, 5) is 0. The third kappa shape index (κ3) is 2.86. The molecule has 4 aromatic rings. The van der Waals surface area contributed by atoms with Gasteiger partial charge in [0, 0.05) is 10.8 Å². The van der Waals surface area contributed by atoms with Crippen LogP contribution in [0.1, 0.15) is 67.7 Å². The lowest BCUT2D eigenvalue weighted by atomic mass is 9.74. The number of nitrogens with zero attached hydrogens (tertiary/aromatic N) is 1. The number of para-hydroxylation sites is 2. The van der Waals surface area contributed by atoms with Crippen molar-refractivity contribution in [1.29, 1.82) is 0 Å². The van der Waals surface area contributed by atoms with Crippen molar-refractivity contribution in [1.82, 2.24) is 4.57 Å². The van der Waals surface area contributed by atoms with Gasteiger partial charge in [-0.05, 0) is 40.1 Å². The molecule has 0 aliphatic heterocycles. The minimum Gasteiger partial charge on any atom is -0.309 e. The molecule has 0 atom stereocenters. The molecule has 0 fully saturated rings. The second-order valence-corrected chi connectivity index (χ2v) is 8.76. The largest absolute Gasteiger partial charge is 0.309 e. The van der Waals surface area contributed by atoms with Crippen LogP contribution in [0.15, 0.2) is 66.5 Å². The maximum atomic E-state index is 9.01. The summed E-state index contributed by atoms with van der Waals surface area (Å²) in [5.74, 6) is 0. The van der Waals surface area contributed by atoms with Gasteiger partial charge in [-0.15, -0.1) is 0 Å². The minimum absolute atomic E-state index is 0.0680. The van der Waals surface area contributed by atoms with Crippen LogP contribution in [0.2, 0.25) is 0 Å². The van der Waals surface area contributed by atoms with Crippen LogP contribution in [0.4, 0.5) is 0 Å². The fourth-order valence-corrected chi connectivity index (χ4v) is 3.50. The number of aromatic nitrogens is 1. The summed E-state index contributed by atoms with van der Waals surface area (Å²) >= 11 is 0. The zero-order chi connectivity index (χ0) is 29.0. The van der Waals surface area contributed by atoms with Crippen LogP contribution < -0.4 is 0 Å². The molecule has 0 unspecified atom stereocenters. The quantitative estimate of drug-likeness (QED) is 0.331. The van der Waals surface area contributed by atoms with Gasteiger partial charge in [-0.3, -0.25) is 0 Å². The van der Waals surface area contributed by atoms with Crippen molar-refractivity contribution in [2.45, 2.75) is 52.4 Å². The van der Waals surface area contributed by atoms with Gasteiger partial charge < -0.3 is 4.57 Å². The molecule has 27 heavy (non-hydrogen) atoms. The molecule has 0 saturated carbocycles. The van der Waals surface area contributed by atoms with Gasteiger partial charge in [-0.1, -0.05) is 89.9 Å². The Balaban J connectivity index is 2.55. The van der Waals surface area contributed by atoms with E-state index in [0.29, 0.717) is 11.1 Å². The molecule has 138 valence electrons. The Bertz CT molecular complexity index is 1610. The molecule has 1 aromatic heterocycles. The van der Waals surface area contributed by atoms with Gasteiger partial charge in [0.25, 0.3) is 0 Å². The SMILES string of the molecule is [2H]c1c([2H])c(-n2c3c([2H])c([2H])c([2H])c([2H])c3c3c([2H])c([2H])c([2H])c([2H])c32)c(C(C)(C)C)c(C(C)(C)C)c1[2H]. The lowest BCUT2D eigenvalue weighted by Crippen LogP contribution is -2.24. The number of hydrogen-bond acceptors (Lipinski definition) is 0. The maximum absolute atomic E-state index is 9.01. The molecular weight excluding hydrogens is 326 g/mol. The summed E-state index contributed by atoms with van der Waals surface area (Å²) in [5.41, 5.74) is -0.542. The molecular formula is C26H29N. The van der Waals surface area contributed by atoms with E-state index in [4.69, 9.17) is 15.1 Å². The van der Waals surface area contributed by atoms with E-state index in [-0.39, 0.29) is 45.6 Å². The van der Waals surface area contributed by atoms with Crippen LogP contribution in [-0.4, -0.2) is 4.57 Å². The Hall–Kier alpha value is -2.54. The number of rotatable bonds is 1. The second kappa shape index (κ2) is 5.99. The molecule has 0 amide bonds. The van der Waals surface area contributed by atoms with Gasteiger partial charge in [0.1, 0.15) is 0 Å². The first-order valence-electron chi connectivity index (χ1n) is 14.4. The summed E-state index contributed by atoms with van der Waals surface area (Å²) in [6.07, 6.45) is 0. The van der Waals surface area contributed by atoms with Crippen LogP contribution in [0, 0.1) is 0 Å². The van der Waals surface area contributed by atoms with Crippen LogP contribution in [-0.2, 0) is 10.8 Å². The second-order valence-electron chi connectivity index (χ2n) is 8.76. The summed E-state index contributed by atoms with van der Waals surface area (Å²) in [7, 11) is 0.